The average molecular weight is 428 g/mol. The first-order valence-corrected chi connectivity index (χ1v) is 9.73. The highest BCUT2D eigenvalue weighted by Crippen LogP contribution is 2.45. The van der Waals surface area contributed by atoms with Gasteiger partial charge in [-0.2, -0.15) is 0 Å². The van der Waals surface area contributed by atoms with Gasteiger partial charge in [0, 0.05) is 18.5 Å². The third-order valence-corrected chi connectivity index (χ3v) is 5.46. The number of cyclic esters (lactones) is 1. The number of halogens is 1. The largest absolute Gasteiger partial charge is 0.493 e. The topological polar surface area (TPSA) is 94.2 Å². The maximum atomic E-state index is 13.1. The molecular formula is C22H21FN2O6. The molecule has 2 amide bonds. The molecule has 0 aliphatic carbocycles. The molecule has 2 aromatic rings. The van der Waals surface area contributed by atoms with Crippen molar-refractivity contribution in [3.05, 3.63) is 58.9 Å². The molecule has 0 spiro atoms. The molecule has 0 radical (unpaired) electrons. The zero-order valence-corrected chi connectivity index (χ0v) is 17.0. The van der Waals surface area contributed by atoms with E-state index in [4.69, 9.17) is 14.2 Å². The molecular weight excluding hydrogens is 407 g/mol. The number of likely N-dealkylation sites (tertiary alicyclic amines) is 1. The van der Waals surface area contributed by atoms with E-state index in [1.54, 1.807) is 24.3 Å². The minimum atomic E-state index is -1.03. The summed E-state index contributed by atoms with van der Waals surface area (Å²) in [7, 11) is 2.86. The van der Waals surface area contributed by atoms with Crippen LogP contribution < -0.4 is 14.8 Å². The van der Waals surface area contributed by atoms with Gasteiger partial charge in [0.1, 0.15) is 17.4 Å². The highest BCUT2D eigenvalue weighted by atomic mass is 19.1. The Hall–Kier alpha value is -3.62. The van der Waals surface area contributed by atoms with E-state index >= 15 is 0 Å². The van der Waals surface area contributed by atoms with Crippen molar-refractivity contribution in [2.45, 2.75) is 31.7 Å². The number of nitrogens with zero attached hydrogens (tertiary/aromatic N) is 1. The van der Waals surface area contributed by atoms with Crippen LogP contribution >= 0.6 is 0 Å². The van der Waals surface area contributed by atoms with Crippen LogP contribution in [-0.4, -0.2) is 42.9 Å². The van der Waals surface area contributed by atoms with Crippen LogP contribution in [0.4, 0.5) is 4.39 Å². The van der Waals surface area contributed by atoms with Crippen LogP contribution in [0.3, 0.4) is 0 Å². The van der Waals surface area contributed by atoms with Gasteiger partial charge >= 0.3 is 5.97 Å². The summed E-state index contributed by atoms with van der Waals surface area (Å²) in [6, 6.07) is 8.21. The molecule has 31 heavy (non-hydrogen) atoms. The monoisotopic (exact) mass is 428 g/mol. The molecule has 1 N–H and O–H groups in total. The second-order valence-electron chi connectivity index (χ2n) is 7.22. The molecule has 2 atom stereocenters. The molecule has 2 aromatic carbocycles. The maximum absolute atomic E-state index is 13.1. The van der Waals surface area contributed by atoms with Crippen LogP contribution in [0.2, 0.25) is 0 Å². The Morgan fingerprint density at radius 2 is 1.90 bits per heavy atom. The predicted molar refractivity (Wildman–Crippen MR) is 106 cm³/mol. The lowest BCUT2D eigenvalue weighted by atomic mass is 10.1. The van der Waals surface area contributed by atoms with Gasteiger partial charge in [-0.1, -0.05) is 12.1 Å². The number of carbonyl (C=O) groups is 3. The number of ether oxygens (including phenoxy) is 3. The van der Waals surface area contributed by atoms with Crippen LogP contribution in [0.25, 0.3) is 0 Å². The molecule has 0 saturated carbocycles. The van der Waals surface area contributed by atoms with E-state index in [0.29, 0.717) is 17.7 Å². The third kappa shape index (κ3) is 3.67. The number of carbonyl (C=O) groups excluding carboxylic acids is 3. The summed E-state index contributed by atoms with van der Waals surface area (Å²) in [6.45, 7) is 0.184. The van der Waals surface area contributed by atoms with Gasteiger partial charge < -0.3 is 19.5 Å². The highest BCUT2D eigenvalue weighted by molar-refractivity contribution is 5.99. The van der Waals surface area contributed by atoms with E-state index in [0.717, 1.165) is 5.56 Å². The van der Waals surface area contributed by atoms with Gasteiger partial charge in [0.2, 0.25) is 18.0 Å². The van der Waals surface area contributed by atoms with Crippen LogP contribution in [-0.2, 0) is 20.9 Å². The average Bonchev–Trinajstić information content (AvgIpc) is 3.32. The first-order chi connectivity index (χ1) is 14.9. The standard InChI is InChI=1S/C22H21FN2O6/c1-29-16-9-7-14-18(19(16)30-2)22(28)31-21(14)25-15(8-10-17(25)26)20(27)24-11-12-3-5-13(23)6-4-12/h3-7,9,15,21H,8,10-11H2,1-2H3,(H,24,27). The first-order valence-electron chi connectivity index (χ1n) is 9.73. The zero-order valence-electron chi connectivity index (χ0n) is 17.0. The molecule has 9 heteroatoms. The molecule has 162 valence electrons. The fraction of sp³-hybridized carbons (Fsp3) is 0.318. The first kappa shape index (κ1) is 20.6. The van der Waals surface area contributed by atoms with Gasteiger partial charge in [-0.15, -0.1) is 0 Å². The summed E-state index contributed by atoms with van der Waals surface area (Å²) in [6.07, 6.45) is -0.574. The highest BCUT2D eigenvalue weighted by Gasteiger charge is 2.47. The second-order valence-corrected chi connectivity index (χ2v) is 7.22. The number of rotatable bonds is 6. The van der Waals surface area contributed by atoms with E-state index in [-0.39, 0.29) is 41.9 Å². The number of hydrogen-bond donors (Lipinski definition) is 1. The molecule has 1 saturated heterocycles. The number of methoxy groups -OCH3 is 2. The summed E-state index contributed by atoms with van der Waals surface area (Å²) >= 11 is 0. The van der Waals surface area contributed by atoms with Gasteiger partial charge in [0.25, 0.3) is 0 Å². The van der Waals surface area contributed by atoms with E-state index in [9.17, 15) is 18.8 Å². The molecule has 0 bridgehead atoms. The van der Waals surface area contributed by atoms with Crippen molar-refractivity contribution in [3.8, 4) is 11.5 Å². The molecule has 4 rings (SSSR count). The number of esters is 1. The second kappa shape index (κ2) is 8.25. The van der Waals surface area contributed by atoms with Crippen molar-refractivity contribution in [2.75, 3.05) is 14.2 Å². The fourth-order valence-corrected chi connectivity index (χ4v) is 3.95. The Kier molecular flexibility index (Phi) is 5.50. The quantitative estimate of drug-likeness (QED) is 0.710. The molecule has 2 aliphatic heterocycles. The summed E-state index contributed by atoms with van der Waals surface area (Å²) in [4.78, 5) is 39.4. The molecule has 0 aromatic heterocycles. The van der Waals surface area contributed by atoms with Crippen LogP contribution in [0.5, 0.6) is 11.5 Å². The lowest BCUT2D eigenvalue weighted by Crippen LogP contribution is -2.46. The fourth-order valence-electron chi connectivity index (χ4n) is 3.95. The Balaban J connectivity index is 1.57. The van der Waals surface area contributed by atoms with E-state index in [1.165, 1.54) is 31.3 Å². The van der Waals surface area contributed by atoms with Crippen molar-refractivity contribution in [2.24, 2.45) is 0 Å². The zero-order chi connectivity index (χ0) is 22.1. The SMILES string of the molecule is COc1ccc2c(c1OC)C(=O)OC2N1C(=O)CCC1C(=O)NCc1ccc(F)cc1. The molecule has 1 fully saturated rings. The smallest absolute Gasteiger partial charge is 0.344 e. The Morgan fingerprint density at radius 3 is 2.58 bits per heavy atom. The third-order valence-electron chi connectivity index (χ3n) is 5.46. The normalized spacial score (nSPS) is 19.8. The van der Waals surface area contributed by atoms with Crippen molar-refractivity contribution in [1.82, 2.24) is 10.2 Å². The van der Waals surface area contributed by atoms with E-state index < -0.39 is 18.2 Å². The lowest BCUT2D eigenvalue weighted by Gasteiger charge is -2.29. The van der Waals surface area contributed by atoms with Crippen LogP contribution in [0, 0.1) is 5.82 Å². The predicted octanol–water partition coefficient (Wildman–Crippen LogP) is 2.32. The molecule has 8 nitrogen and oxygen atoms in total. The van der Waals surface area contributed by atoms with Gasteiger partial charge in [-0.25, -0.2) is 9.18 Å². The minimum absolute atomic E-state index is 0.158. The van der Waals surface area contributed by atoms with Crippen LogP contribution in [0.15, 0.2) is 36.4 Å². The lowest BCUT2D eigenvalue weighted by molar-refractivity contribution is -0.145. The Labute approximate surface area is 177 Å². The summed E-state index contributed by atoms with van der Waals surface area (Å²) in [5.74, 6) is -1.10. The summed E-state index contributed by atoms with van der Waals surface area (Å²) < 4.78 is 29.1. The molecule has 2 aliphatic rings. The van der Waals surface area contributed by atoms with Gasteiger partial charge in [0.15, 0.2) is 11.5 Å². The van der Waals surface area contributed by atoms with E-state index in [1.807, 2.05) is 0 Å². The maximum Gasteiger partial charge on any atom is 0.344 e. The number of fused-ring (bicyclic) bond motifs is 1. The number of nitrogens with one attached hydrogen (secondary N) is 1. The summed E-state index contributed by atoms with van der Waals surface area (Å²) in [5.41, 5.74) is 1.34. The Bertz CT molecular complexity index is 1040. The van der Waals surface area contributed by atoms with Gasteiger partial charge in [-0.3, -0.25) is 14.5 Å². The van der Waals surface area contributed by atoms with Gasteiger partial charge in [0.05, 0.1) is 14.2 Å². The number of hydrogen-bond acceptors (Lipinski definition) is 6. The molecule has 2 heterocycles. The van der Waals surface area contributed by atoms with Crippen molar-refractivity contribution >= 4 is 17.8 Å². The van der Waals surface area contributed by atoms with Crippen LogP contribution in [0.1, 0.15) is 40.6 Å². The molecule has 2 unspecified atom stereocenters. The number of benzene rings is 2. The Morgan fingerprint density at radius 1 is 1.16 bits per heavy atom. The summed E-state index contributed by atoms with van der Waals surface area (Å²) in [5, 5.41) is 2.77. The van der Waals surface area contributed by atoms with Crippen molar-refractivity contribution in [1.29, 1.82) is 0 Å². The minimum Gasteiger partial charge on any atom is -0.493 e. The van der Waals surface area contributed by atoms with Crippen molar-refractivity contribution in [3.63, 3.8) is 0 Å². The van der Waals surface area contributed by atoms with E-state index in [2.05, 4.69) is 5.32 Å². The van der Waals surface area contributed by atoms with Crippen molar-refractivity contribution < 1.29 is 33.0 Å². The van der Waals surface area contributed by atoms with Gasteiger partial charge in [-0.05, 0) is 36.2 Å². The number of amides is 2.